The summed E-state index contributed by atoms with van der Waals surface area (Å²) in [6, 6.07) is 6.24. The van der Waals surface area contributed by atoms with E-state index in [4.69, 9.17) is 21.4 Å². The Balaban J connectivity index is 0.00000176. The lowest BCUT2D eigenvalue weighted by atomic mass is 9.98. The number of aryl methyl sites for hydroxylation is 1. The van der Waals surface area contributed by atoms with Crippen LogP contribution in [0.3, 0.4) is 0 Å². The van der Waals surface area contributed by atoms with Gasteiger partial charge in [0.25, 0.3) is 0 Å². The van der Waals surface area contributed by atoms with E-state index in [0.29, 0.717) is 39.0 Å². The standard InChI is InChI=1S/C25H21ClN4O4.CH5N/c1-11-7-16(14(4)29-18-5-6-19(26)30-20(18)25(32)33)23-17(8-11)21(31)13(3)22(34-23)15-9-12(2)24(27)28-10-15;1-2/h5-10,14,27,29H,2H2,1,3-4H3,(H,32,33);2H2,1H3. The minimum atomic E-state index is -1.22. The van der Waals surface area contributed by atoms with Crippen LogP contribution in [0.2, 0.25) is 5.15 Å². The number of aromatic carboxylic acids is 1. The van der Waals surface area contributed by atoms with Crippen molar-refractivity contribution in [3.63, 3.8) is 0 Å². The summed E-state index contributed by atoms with van der Waals surface area (Å²) < 4.78 is 6.27. The van der Waals surface area contributed by atoms with Crippen molar-refractivity contribution in [1.82, 2.24) is 4.98 Å². The fourth-order valence-electron chi connectivity index (χ4n) is 3.82. The number of carboxylic acids is 1. The molecule has 2 aromatic heterocycles. The van der Waals surface area contributed by atoms with E-state index in [0.717, 1.165) is 5.56 Å². The number of allylic oxidation sites excluding steroid dienone is 1. The van der Waals surface area contributed by atoms with Crippen molar-refractivity contribution in [3.8, 4) is 0 Å². The Kier molecular flexibility index (Phi) is 7.87. The lowest BCUT2D eigenvalue weighted by Gasteiger charge is -2.20. The number of halogens is 1. The van der Waals surface area contributed by atoms with Gasteiger partial charge in [0.15, 0.2) is 17.0 Å². The molecule has 10 heteroatoms. The monoisotopic (exact) mass is 507 g/mol. The molecular formula is C26H26ClN5O4. The van der Waals surface area contributed by atoms with Crippen molar-refractivity contribution in [2.75, 3.05) is 12.4 Å². The van der Waals surface area contributed by atoms with Crippen LogP contribution in [-0.4, -0.2) is 35.2 Å². The highest BCUT2D eigenvalue weighted by Crippen LogP contribution is 2.32. The molecule has 0 bridgehead atoms. The summed E-state index contributed by atoms with van der Waals surface area (Å²) in [5.74, 6) is -0.832. The lowest BCUT2D eigenvalue weighted by molar-refractivity contribution is 0.0691. The molecule has 0 spiro atoms. The molecular weight excluding hydrogens is 482 g/mol. The van der Waals surface area contributed by atoms with Gasteiger partial charge in [0, 0.05) is 28.5 Å². The van der Waals surface area contributed by atoms with Gasteiger partial charge in [0.1, 0.15) is 16.5 Å². The SMILES string of the molecule is C=C1C=C(c2oc3c(C(C)Nc4ccc(Cl)nc4C(=O)O)cc(C)cc3c(=O)c2C)C=NC1=N.CN. The number of amidine groups is 1. The van der Waals surface area contributed by atoms with Crippen LogP contribution in [0.25, 0.3) is 16.5 Å². The number of aliphatic imine (C=N–C) groups is 1. The second-order valence-electron chi connectivity index (χ2n) is 8.05. The fraction of sp³-hybridized carbons (Fsp3) is 0.192. The third kappa shape index (κ3) is 5.12. The summed E-state index contributed by atoms with van der Waals surface area (Å²) >= 11 is 5.87. The number of rotatable bonds is 5. The van der Waals surface area contributed by atoms with E-state index in [1.54, 1.807) is 25.1 Å². The minimum Gasteiger partial charge on any atom is -0.476 e. The van der Waals surface area contributed by atoms with Crippen LogP contribution in [0.4, 0.5) is 5.69 Å². The van der Waals surface area contributed by atoms with Gasteiger partial charge in [0.2, 0.25) is 0 Å². The molecule has 0 aliphatic carbocycles. The number of anilines is 1. The molecule has 4 rings (SSSR count). The Morgan fingerprint density at radius 2 is 1.97 bits per heavy atom. The van der Waals surface area contributed by atoms with Crippen LogP contribution in [0.5, 0.6) is 0 Å². The predicted molar refractivity (Wildman–Crippen MR) is 144 cm³/mol. The average molecular weight is 508 g/mol. The van der Waals surface area contributed by atoms with Gasteiger partial charge in [-0.25, -0.2) is 14.8 Å². The maximum Gasteiger partial charge on any atom is 0.356 e. The number of carbonyl (C=O) groups is 1. The molecule has 36 heavy (non-hydrogen) atoms. The number of nitrogens with zero attached hydrogens (tertiary/aromatic N) is 2. The van der Waals surface area contributed by atoms with Crippen molar-refractivity contribution >= 4 is 51.9 Å². The Morgan fingerprint density at radius 3 is 2.61 bits per heavy atom. The summed E-state index contributed by atoms with van der Waals surface area (Å²) in [5.41, 5.74) is 7.64. The van der Waals surface area contributed by atoms with Crippen LogP contribution in [0.1, 0.15) is 45.9 Å². The third-order valence-electron chi connectivity index (χ3n) is 5.52. The summed E-state index contributed by atoms with van der Waals surface area (Å²) in [4.78, 5) is 32.9. The number of pyridine rings is 1. The van der Waals surface area contributed by atoms with Gasteiger partial charge in [0.05, 0.1) is 17.1 Å². The van der Waals surface area contributed by atoms with E-state index in [9.17, 15) is 14.7 Å². The number of hydrogen-bond donors (Lipinski definition) is 4. The molecule has 186 valence electrons. The number of dihydropyridines is 1. The molecule has 5 N–H and O–H groups in total. The van der Waals surface area contributed by atoms with E-state index >= 15 is 0 Å². The van der Waals surface area contributed by atoms with E-state index < -0.39 is 12.0 Å². The number of hydrogen-bond acceptors (Lipinski definition) is 7. The maximum absolute atomic E-state index is 13.3. The molecule has 3 heterocycles. The Morgan fingerprint density at radius 1 is 1.28 bits per heavy atom. The van der Waals surface area contributed by atoms with Crippen molar-refractivity contribution in [2.24, 2.45) is 10.7 Å². The molecule has 0 amide bonds. The number of fused-ring (bicyclic) bond motifs is 1. The first-order valence-electron chi connectivity index (χ1n) is 10.9. The van der Waals surface area contributed by atoms with Gasteiger partial charge in [-0.2, -0.15) is 0 Å². The van der Waals surface area contributed by atoms with Gasteiger partial charge < -0.3 is 20.6 Å². The van der Waals surface area contributed by atoms with E-state index in [1.165, 1.54) is 19.3 Å². The number of benzene rings is 1. The maximum atomic E-state index is 13.3. The molecule has 9 nitrogen and oxygen atoms in total. The normalized spacial score (nSPS) is 13.7. The molecule has 0 fully saturated rings. The quantitative estimate of drug-likeness (QED) is 0.358. The molecule has 1 aliphatic heterocycles. The number of carboxylic acid groups (broad SMARTS) is 1. The first kappa shape index (κ1) is 26.5. The van der Waals surface area contributed by atoms with Gasteiger partial charge in [-0.15, -0.1) is 0 Å². The first-order valence-corrected chi connectivity index (χ1v) is 11.3. The van der Waals surface area contributed by atoms with Crippen LogP contribution in [0, 0.1) is 19.3 Å². The Hall–Kier alpha value is -4.08. The summed E-state index contributed by atoms with van der Waals surface area (Å²) in [5, 5.41) is 20.9. The van der Waals surface area contributed by atoms with Crippen LogP contribution < -0.4 is 16.5 Å². The second-order valence-corrected chi connectivity index (χ2v) is 8.44. The van der Waals surface area contributed by atoms with E-state index in [-0.39, 0.29) is 27.8 Å². The molecule has 0 radical (unpaired) electrons. The summed E-state index contributed by atoms with van der Waals surface area (Å²) in [7, 11) is 1.50. The average Bonchev–Trinajstić information content (AvgIpc) is 2.85. The van der Waals surface area contributed by atoms with Gasteiger partial charge in [-0.3, -0.25) is 10.2 Å². The third-order valence-corrected chi connectivity index (χ3v) is 5.73. The van der Waals surface area contributed by atoms with Crippen molar-refractivity contribution in [3.05, 3.63) is 86.0 Å². The minimum absolute atomic E-state index is 0.0458. The van der Waals surface area contributed by atoms with Crippen molar-refractivity contribution in [2.45, 2.75) is 26.8 Å². The van der Waals surface area contributed by atoms with Crippen molar-refractivity contribution in [1.29, 1.82) is 5.41 Å². The van der Waals surface area contributed by atoms with Crippen LogP contribution >= 0.6 is 11.6 Å². The fourth-order valence-corrected chi connectivity index (χ4v) is 3.97. The summed E-state index contributed by atoms with van der Waals surface area (Å²) in [6.45, 7) is 9.19. The Bertz CT molecular complexity index is 1520. The molecule has 1 atom stereocenters. The van der Waals surface area contributed by atoms with E-state index in [2.05, 4.69) is 27.6 Å². The summed E-state index contributed by atoms with van der Waals surface area (Å²) in [6.07, 6.45) is 3.13. The van der Waals surface area contributed by atoms with Crippen molar-refractivity contribution < 1.29 is 14.3 Å². The highest BCUT2D eigenvalue weighted by molar-refractivity contribution is 6.29. The van der Waals surface area contributed by atoms with Crippen LogP contribution in [-0.2, 0) is 0 Å². The zero-order valence-corrected chi connectivity index (χ0v) is 21.0. The highest BCUT2D eigenvalue weighted by atomic mass is 35.5. The largest absolute Gasteiger partial charge is 0.476 e. The zero-order chi connectivity index (χ0) is 26.7. The zero-order valence-electron chi connectivity index (χ0n) is 20.3. The van der Waals surface area contributed by atoms with E-state index in [1.807, 2.05) is 19.9 Å². The molecule has 1 unspecified atom stereocenters. The first-order chi connectivity index (χ1) is 17.1. The van der Waals surface area contributed by atoms with Gasteiger partial charge in [-0.05, 0) is 57.7 Å². The number of nitrogens with one attached hydrogen (secondary N) is 2. The smallest absolute Gasteiger partial charge is 0.356 e. The second kappa shape index (κ2) is 10.7. The molecule has 1 aromatic carbocycles. The topological polar surface area (TPSA) is 155 Å². The molecule has 0 saturated heterocycles. The number of nitrogens with two attached hydrogens (primary N) is 1. The predicted octanol–water partition coefficient (Wildman–Crippen LogP) is 4.91. The lowest BCUT2D eigenvalue weighted by Crippen LogP contribution is -2.15. The molecule has 1 aliphatic rings. The number of aromatic nitrogens is 1. The van der Waals surface area contributed by atoms with Gasteiger partial charge >= 0.3 is 5.97 Å². The molecule has 0 saturated carbocycles. The molecule has 3 aromatic rings. The Labute approximate surface area is 212 Å². The van der Waals surface area contributed by atoms with Gasteiger partial charge in [-0.1, -0.05) is 24.2 Å². The van der Waals surface area contributed by atoms with Crippen LogP contribution in [0.15, 0.2) is 56.7 Å². The highest BCUT2D eigenvalue weighted by Gasteiger charge is 2.22.